The van der Waals surface area contributed by atoms with E-state index in [1.165, 1.54) is 18.1 Å². The maximum absolute atomic E-state index is 11.2. The summed E-state index contributed by atoms with van der Waals surface area (Å²) in [6, 6.07) is 0. The van der Waals surface area contributed by atoms with E-state index in [1.807, 2.05) is 0 Å². The normalized spacial score (nSPS) is 22.3. The summed E-state index contributed by atoms with van der Waals surface area (Å²) in [5, 5.41) is 11.3. The smallest absolute Gasteiger partial charge is 0.259 e. The molecule has 2 atom stereocenters. The van der Waals surface area contributed by atoms with E-state index in [4.69, 9.17) is 9.84 Å². The van der Waals surface area contributed by atoms with Gasteiger partial charge in [-0.2, -0.15) is 0 Å². The van der Waals surface area contributed by atoms with Crippen LogP contribution < -0.4 is 5.32 Å². The minimum Gasteiger partial charge on any atom is -0.393 e. The first-order valence-electron chi connectivity index (χ1n) is 4.89. The largest absolute Gasteiger partial charge is 0.393 e. The van der Waals surface area contributed by atoms with Crippen molar-refractivity contribution in [2.45, 2.75) is 12.3 Å². The zero-order chi connectivity index (χ0) is 12.8. The van der Waals surface area contributed by atoms with Crippen molar-refractivity contribution < 1.29 is 39.5 Å². The van der Waals surface area contributed by atoms with E-state index in [2.05, 4.69) is 21.2 Å². The molecule has 2 N–H and O–H groups in total. The van der Waals surface area contributed by atoms with Gasteiger partial charge in [-0.1, -0.05) is 6.08 Å². The van der Waals surface area contributed by atoms with Crippen molar-refractivity contribution in [1.29, 1.82) is 0 Å². The molecule has 0 aliphatic carbocycles. The maximum atomic E-state index is 11.2. The minimum atomic E-state index is -0.609. The number of likely N-dealkylation sites (N-methyl/N-ethyl adjacent to an activating group) is 1. The number of rotatable bonds is 5. The van der Waals surface area contributed by atoms with Crippen LogP contribution in [-0.4, -0.2) is 48.3 Å². The van der Waals surface area contributed by atoms with Crippen molar-refractivity contribution in [3.8, 4) is 0 Å². The van der Waals surface area contributed by atoms with Crippen molar-refractivity contribution in [2.24, 2.45) is 0 Å². The van der Waals surface area contributed by atoms with E-state index in [-0.39, 0.29) is 37.1 Å². The molecule has 0 aromatic rings. The van der Waals surface area contributed by atoms with E-state index in [0.717, 1.165) is 0 Å². The van der Waals surface area contributed by atoms with E-state index in [9.17, 15) is 9.59 Å². The van der Waals surface area contributed by atoms with Gasteiger partial charge in [-0.25, -0.2) is 0 Å². The molecular formula is C10H13BrIrN2O4. The molecule has 1 aliphatic heterocycles. The molecule has 6 nitrogen and oxygen atoms in total. The number of nitrogens with one attached hydrogen (secondary N) is 1. The van der Waals surface area contributed by atoms with Gasteiger partial charge >= 0.3 is 0 Å². The Morgan fingerprint density at radius 3 is 2.72 bits per heavy atom. The molecule has 0 aromatic carbocycles. The molecule has 1 radical (unpaired) electrons. The van der Waals surface area contributed by atoms with Gasteiger partial charge in [0.2, 0.25) is 6.41 Å². The van der Waals surface area contributed by atoms with Crippen molar-refractivity contribution in [1.82, 2.24) is 10.2 Å². The van der Waals surface area contributed by atoms with Gasteiger partial charge < -0.3 is 15.2 Å². The zero-order valence-corrected chi connectivity index (χ0v) is 13.5. The molecule has 0 aromatic heterocycles. The van der Waals surface area contributed by atoms with E-state index in [1.54, 1.807) is 12.2 Å². The number of hydrogen-bond donors (Lipinski definition) is 2. The van der Waals surface area contributed by atoms with Gasteiger partial charge in [-0.15, -0.1) is 0 Å². The van der Waals surface area contributed by atoms with Crippen LogP contribution in [0.4, 0.5) is 0 Å². The average Bonchev–Trinajstić information content (AvgIpc) is 2.83. The van der Waals surface area contributed by atoms with E-state index >= 15 is 0 Å². The van der Waals surface area contributed by atoms with Gasteiger partial charge in [0.25, 0.3) is 5.91 Å². The maximum Gasteiger partial charge on any atom is 0.259 e. The zero-order valence-electron chi connectivity index (χ0n) is 9.50. The van der Waals surface area contributed by atoms with Crippen LogP contribution in [0.15, 0.2) is 22.8 Å². The summed E-state index contributed by atoms with van der Waals surface area (Å²) < 4.78 is 5.52. The predicted molar refractivity (Wildman–Crippen MR) is 63.9 cm³/mol. The molecule has 1 aliphatic rings. The summed E-state index contributed by atoms with van der Waals surface area (Å²) in [6.07, 6.45) is 4.12. The molecule has 2 unspecified atom stereocenters. The van der Waals surface area contributed by atoms with Crippen molar-refractivity contribution in [3.63, 3.8) is 0 Å². The Kier molecular flexibility index (Phi) is 8.30. The number of halogens is 1. The summed E-state index contributed by atoms with van der Waals surface area (Å²) >= 11 is 3.04. The van der Waals surface area contributed by atoms with Crippen LogP contribution in [0.1, 0.15) is 0 Å². The summed E-state index contributed by atoms with van der Waals surface area (Å²) in [6.45, 7) is -0.153. The fraction of sp³-hybridized carbons (Fsp3) is 0.400. The molecule has 18 heavy (non-hydrogen) atoms. The molecule has 0 saturated carbocycles. The molecule has 1 rings (SSSR count). The van der Waals surface area contributed by atoms with E-state index < -0.39 is 12.3 Å². The Bertz CT molecular complexity index is 362. The number of carbonyl (C=O) groups excluding carboxylic acids is 2. The molecule has 0 spiro atoms. The second-order valence-electron chi connectivity index (χ2n) is 3.24. The Labute approximate surface area is 127 Å². The minimum absolute atomic E-state index is 0. The van der Waals surface area contributed by atoms with Gasteiger partial charge in [0.1, 0.15) is 6.10 Å². The molecule has 8 heteroatoms. The first-order valence-corrected chi connectivity index (χ1v) is 5.68. The number of amides is 2. The third-order valence-electron chi connectivity index (χ3n) is 2.11. The topological polar surface area (TPSA) is 78.9 Å². The van der Waals surface area contributed by atoms with Gasteiger partial charge in [-0.05, 0) is 22.0 Å². The van der Waals surface area contributed by atoms with Crippen LogP contribution in [0, 0.1) is 0 Å². The summed E-state index contributed by atoms with van der Waals surface area (Å²) in [7, 11) is 1.48. The van der Waals surface area contributed by atoms with Crippen molar-refractivity contribution in [2.75, 3.05) is 13.7 Å². The Morgan fingerprint density at radius 2 is 2.28 bits per heavy atom. The van der Waals surface area contributed by atoms with Gasteiger partial charge in [0.05, 0.1) is 11.1 Å². The number of hydrogen-bond acceptors (Lipinski definition) is 4. The van der Waals surface area contributed by atoms with Gasteiger partial charge in [0.15, 0.2) is 6.23 Å². The predicted octanol–water partition coefficient (Wildman–Crippen LogP) is -0.302. The second-order valence-corrected chi connectivity index (χ2v) is 4.10. The molecule has 2 amide bonds. The Hall–Kier alpha value is -0.531. The number of ether oxygens (including phenoxy) is 1. The van der Waals surface area contributed by atoms with E-state index in [0.29, 0.717) is 6.41 Å². The van der Waals surface area contributed by atoms with Crippen LogP contribution in [0.5, 0.6) is 0 Å². The summed E-state index contributed by atoms with van der Waals surface area (Å²) in [5.41, 5.74) is 0. The van der Waals surface area contributed by atoms with Gasteiger partial charge in [-0.3, -0.25) is 14.5 Å². The Morgan fingerprint density at radius 1 is 1.61 bits per heavy atom. The molecule has 1 heterocycles. The van der Waals surface area contributed by atoms with Gasteiger partial charge in [0, 0.05) is 33.4 Å². The van der Waals surface area contributed by atoms with Crippen LogP contribution in [0.25, 0.3) is 0 Å². The molecule has 103 valence electrons. The van der Waals surface area contributed by atoms with Crippen molar-refractivity contribution >= 4 is 28.2 Å². The summed E-state index contributed by atoms with van der Waals surface area (Å²) in [4.78, 5) is 23.3. The number of carbonyl (C=O) groups is 2. The average molecular weight is 497 g/mol. The molecule has 0 fully saturated rings. The first-order chi connectivity index (χ1) is 8.12. The van der Waals surface area contributed by atoms with Crippen molar-refractivity contribution in [3.05, 3.63) is 22.8 Å². The number of nitrogens with zero attached hydrogens (tertiary/aromatic N) is 1. The summed E-state index contributed by atoms with van der Waals surface area (Å²) in [5.74, 6) is -0.350. The third kappa shape index (κ3) is 4.62. The quantitative estimate of drug-likeness (QED) is 0.311. The van der Waals surface area contributed by atoms with Crippen LogP contribution in [-0.2, 0) is 34.4 Å². The third-order valence-corrected chi connectivity index (χ3v) is 2.67. The number of aliphatic hydroxyl groups excluding tert-OH is 1. The van der Waals surface area contributed by atoms with Crippen LogP contribution in [0.2, 0.25) is 0 Å². The Balaban J connectivity index is 0.00000289. The molecular weight excluding hydrogens is 484 g/mol. The number of aliphatic hydroxyl groups is 1. The van der Waals surface area contributed by atoms with Crippen LogP contribution in [0.3, 0.4) is 0 Å². The fourth-order valence-corrected chi connectivity index (χ4v) is 1.67. The first kappa shape index (κ1) is 17.5. The molecule has 0 saturated heterocycles. The standard InChI is InChI=1S/C10H13BrN2O4.Ir/c1-12-10(16)8(11)4-13(6-15)9-3-2-7(5-14)17-9;/h2-4,6-7,9,14H,5H2,1H3,(H,12,16);/b8-4+;. The fourth-order valence-electron chi connectivity index (χ4n) is 1.24. The monoisotopic (exact) mass is 497 g/mol. The van der Waals surface area contributed by atoms with Crippen LogP contribution >= 0.6 is 15.9 Å². The second kappa shape index (κ2) is 8.55. The SMILES string of the molecule is CNC(=O)/C(Br)=C\N(C=O)C1C=CC(CO)O1.[Ir]. The molecule has 0 bridgehead atoms.